The highest BCUT2D eigenvalue weighted by atomic mass is 16.2. The van der Waals surface area contributed by atoms with E-state index in [-0.39, 0.29) is 11.8 Å². The number of carbonyl (C=O) groups is 1. The van der Waals surface area contributed by atoms with Gasteiger partial charge in [-0.05, 0) is 49.0 Å². The van der Waals surface area contributed by atoms with Crippen molar-refractivity contribution in [1.29, 1.82) is 0 Å². The summed E-state index contributed by atoms with van der Waals surface area (Å²) < 4.78 is 0. The summed E-state index contributed by atoms with van der Waals surface area (Å²) in [4.78, 5) is 18.4. The molecule has 136 valence electrons. The standard InChI is InChI=1S/C22H27N3O/c1-3-10-23-13-18(22(26)25-11-9-15(25)2)12-16-7-8-17-14-24-20-6-4-5-19(16)21(17)20/h3-6,12,14-15,18,23-24H,1,7-11,13H2,2H3/b16-12+. The summed E-state index contributed by atoms with van der Waals surface area (Å²) in [6, 6.07) is 6.78. The number of hydrogen-bond acceptors (Lipinski definition) is 2. The van der Waals surface area contributed by atoms with Crippen LogP contribution in [0.4, 0.5) is 0 Å². The zero-order valence-corrected chi connectivity index (χ0v) is 15.4. The molecule has 0 spiro atoms. The monoisotopic (exact) mass is 349 g/mol. The van der Waals surface area contributed by atoms with Gasteiger partial charge in [0.05, 0.1) is 5.92 Å². The zero-order chi connectivity index (χ0) is 18.1. The van der Waals surface area contributed by atoms with Crippen LogP contribution < -0.4 is 5.32 Å². The maximum atomic E-state index is 13.1. The molecule has 1 fully saturated rings. The molecule has 4 heteroatoms. The Morgan fingerprint density at radius 2 is 2.35 bits per heavy atom. The first-order chi connectivity index (χ1) is 12.7. The van der Waals surface area contributed by atoms with Crippen LogP contribution in [0.3, 0.4) is 0 Å². The molecule has 2 aromatic rings. The van der Waals surface area contributed by atoms with Gasteiger partial charge in [-0.3, -0.25) is 4.79 Å². The Balaban J connectivity index is 1.66. The fourth-order valence-electron chi connectivity index (χ4n) is 4.16. The number of rotatable bonds is 6. The largest absolute Gasteiger partial charge is 0.361 e. The van der Waals surface area contributed by atoms with Crippen LogP contribution in [0.25, 0.3) is 16.5 Å². The number of hydrogen-bond donors (Lipinski definition) is 2. The van der Waals surface area contributed by atoms with Gasteiger partial charge >= 0.3 is 0 Å². The Morgan fingerprint density at radius 3 is 3.08 bits per heavy atom. The van der Waals surface area contributed by atoms with Crippen molar-refractivity contribution in [2.45, 2.75) is 32.2 Å². The summed E-state index contributed by atoms with van der Waals surface area (Å²) in [6.45, 7) is 8.17. The van der Waals surface area contributed by atoms with Crippen LogP contribution in [0.15, 0.2) is 43.1 Å². The number of amides is 1. The summed E-state index contributed by atoms with van der Waals surface area (Å²) in [6.07, 6.45) is 9.32. The highest BCUT2D eigenvalue weighted by Gasteiger charge is 2.32. The Morgan fingerprint density at radius 1 is 1.46 bits per heavy atom. The van der Waals surface area contributed by atoms with Crippen molar-refractivity contribution in [2.24, 2.45) is 5.92 Å². The van der Waals surface area contributed by atoms with Gasteiger partial charge in [-0.2, -0.15) is 0 Å². The number of allylic oxidation sites excluding steroid dienone is 1. The number of aryl methyl sites for hydroxylation is 1. The van der Waals surface area contributed by atoms with Gasteiger partial charge in [0, 0.05) is 42.8 Å². The van der Waals surface area contributed by atoms with E-state index in [9.17, 15) is 4.79 Å². The lowest BCUT2D eigenvalue weighted by Gasteiger charge is -2.40. The third kappa shape index (κ3) is 2.99. The second-order valence-electron chi connectivity index (χ2n) is 7.46. The molecular formula is C22H27N3O. The van der Waals surface area contributed by atoms with Gasteiger partial charge in [0.2, 0.25) is 5.91 Å². The van der Waals surface area contributed by atoms with Crippen molar-refractivity contribution in [3.05, 3.63) is 54.3 Å². The minimum Gasteiger partial charge on any atom is -0.361 e. The lowest BCUT2D eigenvalue weighted by Crippen LogP contribution is -2.52. The van der Waals surface area contributed by atoms with Crippen LogP contribution in [0.1, 0.15) is 30.9 Å². The first-order valence-corrected chi connectivity index (χ1v) is 9.61. The maximum Gasteiger partial charge on any atom is 0.231 e. The van der Waals surface area contributed by atoms with E-state index in [1.165, 1.54) is 27.6 Å². The van der Waals surface area contributed by atoms with Gasteiger partial charge in [0.15, 0.2) is 0 Å². The first kappa shape index (κ1) is 17.1. The summed E-state index contributed by atoms with van der Waals surface area (Å²) in [5, 5.41) is 4.67. The van der Waals surface area contributed by atoms with Crippen molar-refractivity contribution < 1.29 is 4.79 Å². The third-order valence-corrected chi connectivity index (χ3v) is 5.77. The van der Waals surface area contributed by atoms with Crippen molar-refractivity contribution in [1.82, 2.24) is 15.2 Å². The molecule has 0 radical (unpaired) electrons. The van der Waals surface area contributed by atoms with Crippen LogP contribution in [-0.2, 0) is 11.2 Å². The summed E-state index contributed by atoms with van der Waals surface area (Å²) in [7, 11) is 0. The number of benzene rings is 1. The number of carbonyl (C=O) groups excluding carboxylic acids is 1. The van der Waals surface area contributed by atoms with Gasteiger partial charge < -0.3 is 15.2 Å². The SMILES string of the molecule is C=CCNCC(/C=C1\CCc2c[nH]c3cccc1c23)C(=O)N1CCC1C. The number of likely N-dealkylation sites (tertiary alicyclic amines) is 1. The molecule has 1 saturated heterocycles. The first-order valence-electron chi connectivity index (χ1n) is 9.61. The lowest BCUT2D eigenvalue weighted by molar-refractivity contribution is -0.140. The second-order valence-corrected chi connectivity index (χ2v) is 7.46. The van der Waals surface area contributed by atoms with Crippen molar-refractivity contribution in [3.8, 4) is 0 Å². The number of nitrogens with one attached hydrogen (secondary N) is 2. The van der Waals surface area contributed by atoms with E-state index in [4.69, 9.17) is 0 Å². The molecule has 2 aliphatic rings. The Labute approximate surface area is 155 Å². The Bertz CT molecular complexity index is 863. The molecule has 2 heterocycles. The molecular weight excluding hydrogens is 322 g/mol. The van der Waals surface area contributed by atoms with E-state index < -0.39 is 0 Å². The molecule has 1 aromatic heterocycles. The molecule has 2 atom stereocenters. The molecule has 1 aliphatic carbocycles. The van der Waals surface area contributed by atoms with Crippen LogP contribution in [-0.4, -0.2) is 41.5 Å². The van der Waals surface area contributed by atoms with Gasteiger partial charge in [-0.1, -0.05) is 24.3 Å². The zero-order valence-electron chi connectivity index (χ0n) is 15.4. The van der Waals surface area contributed by atoms with E-state index in [2.05, 4.69) is 54.3 Å². The van der Waals surface area contributed by atoms with E-state index in [0.29, 0.717) is 12.6 Å². The molecule has 1 aliphatic heterocycles. The predicted molar refractivity (Wildman–Crippen MR) is 107 cm³/mol. The summed E-state index contributed by atoms with van der Waals surface area (Å²) in [5.74, 6) is 0.128. The molecule has 0 bridgehead atoms. The average molecular weight is 349 g/mol. The van der Waals surface area contributed by atoms with Crippen LogP contribution >= 0.6 is 0 Å². The van der Waals surface area contributed by atoms with Crippen molar-refractivity contribution >= 4 is 22.4 Å². The smallest absolute Gasteiger partial charge is 0.231 e. The third-order valence-electron chi connectivity index (χ3n) is 5.77. The van der Waals surface area contributed by atoms with E-state index >= 15 is 0 Å². The molecule has 26 heavy (non-hydrogen) atoms. The van der Waals surface area contributed by atoms with Gasteiger partial charge in [-0.15, -0.1) is 6.58 Å². The highest BCUT2D eigenvalue weighted by molar-refractivity contribution is 5.97. The Kier molecular flexibility index (Phi) is 4.68. The van der Waals surface area contributed by atoms with Crippen molar-refractivity contribution in [3.63, 3.8) is 0 Å². The summed E-state index contributed by atoms with van der Waals surface area (Å²) >= 11 is 0. The molecule has 4 nitrogen and oxygen atoms in total. The van der Waals surface area contributed by atoms with E-state index in [0.717, 1.165) is 32.4 Å². The molecule has 2 unspecified atom stereocenters. The quantitative estimate of drug-likeness (QED) is 0.619. The fraction of sp³-hybridized carbons (Fsp3) is 0.409. The van der Waals surface area contributed by atoms with E-state index in [1.807, 2.05) is 11.0 Å². The van der Waals surface area contributed by atoms with Crippen LogP contribution in [0.2, 0.25) is 0 Å². The summed E-state index contributed by atoms with van der Waals surface area (Å²) in [5.41, 5.74) is 5.15. The minimum absolute atomic E-state index is 0.122. The number of aromatic nitrogens is 1. The number of nitrogens with zero attached hydrogens (tertiary/aromatic N) is 1. The number of H-pyrrole nitrogens is 1. The van der Waals surface area contributed by atoms with Gasteiger partial charge in [0.1, 0.15) is 0 Å². The number of aromatic amines is 1. The van der Waals surface area contributed by atoms with Crippen molar-refractivity contribution in [2.75, 3.05) is 19.6 Å². The molecule has 1 amide bonds. The normalized spacial score (nSPS) is 21.7. The second kappa shape index (κ2) is 7.12. The van der Waals surface area contributed by atoms with E-state index in [1.54, 1.807) is 0 Å². The average Bonchev–Trinajstić information content (AvgIpc) is 3.06. The highest BCUT2D eigenvalue weighted by Crippen LogP contribution is 2.37. The minimum atomic E-state index is -0.122. The maximum absolute atomic E-state index is 13.1. The molecule has 2 N–H and O–H groups in total. The molecule has 4 rings (SSSR count). The predicted octanol–water partition coefficient (Wildman–Crippen LogP) is 3.51. The fourth-order valence-corrected chi connectivity index (χ4v) is 4.16. The molecule has 1 aromatic carbocycles. The molecule has 0 saturated carbocycles. The van der Waals surface area contributed by atoms with Crippen LogP contribution in [0, 0.1) is 5.92 Å². The Hall–Kier alpha value is -2.33. The topological polar surface area (TPSA) is 48.1 Å². The van der Waals surface area contributed by atoms with Gasteiger partial charge in [-0.25, -0.2) is 0 Å². The van der Waals surface area contributed by atoms with Gasteiger partial charge in [0.25, 0.3) is 0 Å². The lowest BCUT2D eigenvalue weighted by atomic mass is 9.86. The van der Waals surface area contributed by atoms with Crippen LogP contribution in [0.5, 0.6) is 0 Å².